The quantitative estimate of drug-likeness (QED) is 0.677. The number of carbonyl (C=O) groups is 2. The number of hydrogen-bond acceptors (Lipinski definition) is 5. The van der Waals surface area contributed by atoms with Gasteiger partial charge in [-0.25, -0.2) is 4.39 Å². The van der Waals surface area contributed by atoms with Gasteiger partial charge in [0.15, 0.2) is 0 Å². The molecule has 0 atom stereocenters. The van der Waals surface area contributed by atoms with Gasteiger partial charge in [0.05, 0.1) is 0 Å². The number of aromatic nitrogens is 2. The molecule has 2 aromatic carbocycles. The molecule has 0 aliphatic heterocycles. The second-order valence-electron chi connectivity index (χ2n) is 5.83. The SMILES string of the molecule is Cc1cc(F)ccc1NC(=O)CCc1nnc(C(=O)Nc2ccccc2)s1. The lowest BCUT2D eigenvalue weighted by Gasteiger charge is -2.07. The smallest absolute Gasteiger partial charge is 0.286 e. The first kappa shape index (κ1) is 18.7. The van der Waals surface area contributed by atoms with Gasteiger partial charge in [0.25, 0.3) is 5.91 Å². The van der Waals surface area contributed by atoms with Crippen LogP contribution >= 0.6 is 11.3 Å². The molecular formula is C19H17FN4O2S. The van der Waals surface area contributed by atoms with E-state index in [4.69, 9.17) is 0 Å². The van der Waals surface area contributed by atoms with E-state index < -0.39 is 0 Å². The second-order valence-corrected chi connectivity index (χ2v) is 6.89. The van der Waals surface area contributed by atoms with Crippen molar-refractivity contribution in [3.63, 3.8) is 0 Å². The average molecular weight is 384 g/mol. The van der Waals surface area contributed by atoms with Crippen LogP contribution in [-0.4, -0.2) is 22.0 Å². The minimum atomic E-state index is -0.347. The van der Waals surface area contributed by atoms with Crippen molar-refractivity contribution in [1.82, 2.24) is 10.2 Å². The van der Waals surface area contributed by atoms with E-state index in [0.717, 1.165) is 11.3 Å². The van der Waals surface area contributed by atoms with Gasteiger partial charge in [-0.05, 0) is 42.8 Å². The molecule has 1 heterocycles. The molecule has 0 spiro atoms. The van der Waals surface area contributed by atoms with Crippen LogP contribution in [0.15, 0.2) is 48.5 Å². The number of benzene rings is 2. The van der Waals surface area contributed by atoms with Gasteiger partial charge in [-0.2, -0.15) is 0 Å². The highest BCUT2D eigenvalue weighted by Crippen LogP contribution is 2.17. The van der Waals surface area contributed by atoms with Crippen molar-refractivity contribution in [3.8, 4) is 0 Å². The highest BCUT2D eigenvalue weighted by molar-refractivity contribution is 7.13. The lowest BCUT2D eigenvalue weighted by molar-refractivity contribution is -0.116. The van der Waals surface area contributed by atoms with Crippen molar-refractivity contribution < 1.29 is 14.0 Å². The van der Waals surface area contributed by atoms with Crippen molar-refractivity contribution in [1.29, 1.82) is 0 Å². The molecule has 0 aliphatic carbocycles. The van der Waals surface area contributed by atoms with Crippen LogP contribution in [0.4, 0.5) is 15.8 Å². The maximum atomic E-state index is 13.1. The minimum Gasteiger partial charge on any atom is -0.326 e. The Morgan fingerprint density at radius 2 is 1.85 bits per heavy atom. The Labute approximate surface area is 159 Å². The summed E-state index contributed by atoms with van der Waals surface area (Å²) in [6, 6.07) is 13.2. The van der Waals surface area contributed by atoms with E-state index in [-0.39, 0.29) is 29.1 Å². The number of halogens is 1. The molecule has 0 bridgehead atoms. The first-order chi connectivity index (χ1) is 13.0. The molecule has 27 heavy (non-hydrogen) atoms. The summed E-state index contributed by atoms with van der Waals surface area (Å²) < 4.78 is 13.1. The van der Waals surface area contributed by atoms with Crippen LogP contribution < -0.4 is 10.6 Å². The normalized spacial score (nSPS) is 10.4. The molecule has 2 N–H and O–H groups in total. The fraction of sp³-hybridized carbons (Fsp3) is 0.158. The average Bonchev–Trinajstić information content (AvgIpc) is 3.12. The molecule has 0 saturated carbocycles. The summed E-state index contributed by atoms with van der Waals surface area (Å²) in [5.41, 5.74) is 1.90. The fourth-order valence-corrected chi connectivity index (χ4v) is 3.09. The highest BCUT2D eigenvalue weighted by Gasteiger charge is 2.14. The molecule has 1 aromatic heterocycles. The number of nitrogens with zero attached hydrogens (tertiary/aromatic N) is 2. The zero-order valence-electron chi connectivity index (χ0n) is 14.5. The van der Waals surface area contributed by atoms with Gasteiger partial charge in [0, 0.05) is 24.2 Å². The highest BCUT2D eigenvalue weighted by atomic mass is 32.1. The number of carbonyl (C=O) groups excluding carboxylic acids is 2. The van der Waals surface area contributed by atoms with E-state index in [1.165, 1.54) is 18.2 Å². The number of para-hydroxylation sites is 1. The van der Waals surface area contributed by atoms with Gasteiger partial charge >= 0.3 is 0 Å². The Bertz CT molecular complexity index is 959. The number of hydrogen-bond donors (Lipinski definition) is 2. The third-order valence-corrected chi connectivity index (χ3v) is 4.70. The molecule has 0 unspecified atom stereocenters. The van der Waals surface area contributed by atoms with Crippen molar-refractivity contribution in [2.75, 3.05) is 10.6 Å². The first-order valence-corrected chi connectivity index (χ1v) is 9.08. The van der Waals surface area contributed by atoms with Crippen LogP contribution in [0.1, 0.15) is 26.8 Å². The van der Waals surface area contributed by atoms with E-state index in [1.54, 1.807) is 19.1 Å². The van der Waals surface area contributed by atoms with Gasteiger partial charge in [-0.15, -0.1) is 10.2 Å². The van der Waals surface area contributed by atoms with Crippen LogP contribution in [0.5, 0.6) is 0 Å². The Balaban J connectivity index is 1.53. The topological polar surface area (TPSA) is 84.0 Å². The molecular weight excluding hydrogens is 367 g/mol. The van der Waals surface area contributed by atoms with Crippen molar-refractivity contribution in [3.05, 3.63) is 69.9 Å². The molecule has 3 aromatic rings. The zero-order valence-corrected chi connectivity index (χ0v) is 15.3. The Morgan fingerprint density at radius 1 is 1.07 bits per heavy atom. The maximum Gasteiger partial charge on any atom is 0.286 e. The number of nitrogens with one attached hydrogen (secondary N) is 2. The number of anilines is 2. The Kier molecular flexibility index (Phi) is 5.87. The predicted octanol–water partition coefficient (Wildman–Crippen LogP) is 3.81. The lowest BCUT2D eigenvalue weighted by atomic mass is 10.2. The molecule has 0 radical (unpaired) electrons. The monoisotopic (exact) mass is 384 g/mol. The minimum absolute atomic E-state index is 0.186. The van der Waals surface area contributed by atoms with Crippen molar-refractivity contribution >= 4 is 34.5 Å². The van der Waals surface area contributed by atoms with E-state index in [0.29, 0.717) is 28.4 Å². The molecule has 0 aliphatic rings. The molecule has 2 amide bonds. The summed E-state index contributed by atoms with van der Waals surface area (Å²) in [7, 11) is 0. The second kappa shape index (κ2) is 8.50. The van der Waals surface area contributed by atoms with Crippen LogP contribution in [0, 0.1) is 12.7 Å². The van der Waals surface area contributed by atoms with Crippen LogP contribution in [-0.2, 0) is 11.2 Å². The summed E-state index contributed by atoms with van der Waals surface area (Å²) in [6.45, 7) is 1.72. The van der Waals surface area contributed by atoms with E-state index in [9.17, 15) is 14.0 Å². The van der Waals surface area contributed by atoms with E-state index >= 15 is 0 Å². The number of amides is 2. The van der Waals surface area contributed by atoms with Gasteiger partial charge in [0.1, 0.15) is 10.8 Å². The summed E-state index contributed by atoms with van der Waals surface area (Å²) in [5.74, 6) is -0.896. The number of aryl methyl sites for hydroxylation is 2. The fourth-order valence-electron chi connectivity index (χ4n) is 2.35. The third-order valence-electron chi connectivity index (χ3n) is 3.72. The third kappa shape index (κ3) is 5.18. The standard InChI is InChI=1S/C19H17FN4O2S/c1-12-11-13(20)7-8-15(12)22-16(25)9-10-17-23-24-19(27-17)18(26)21-14-5-3-2-4-6-14/h2-8,11H,9-10H2,1H3,(H,21,26)(H,22,25). The summed E-state index contributed by atoms with van der Waals surface area (Å²) in [5, 5.41) is 14.2. The molecule has 0 fully saturated rings. The van der Waals surface area contributed by atoms with Crippen molar-refractivity contribution in [2.24, 2.45) is 0 Å². The van der Waals surface area contributed by atoms with Gasteiger partial charge < -0.3 is 10.6 Å². The van der Waals surface area contributed by atoms with Crippen LogP contribution in [0.3, 0.4) is 0 Å². The zero-order chi connectivity index (χ0) is 19.2. The lowest BCUT2D eigenvalue weighted by Crippen LogP contribution is -2.13. The Morgan fingerprint density at radius 3 is 2.59 bits per heavy atom. The maximum absolute atomic E-state index is 13.1. The summed E-state index contributed by atoms with van der Waals surface area (Å²) >= 11 is 1.15. The number of rotatable bonds is 6. The molecule has 6 nitrogen and oxygen atoms in total. The molecule has 3 rings (SSSR count). The van der Waals surface area contributed by atoms with Gasteiger partial charge in [-0.3, -0.25) is 9.59 Å². The summed E-state index contributed by atoms with van der Waals surface area (Å²) in [4.78, 5) is 24.2. The van der Waals surface area contributed by atoms with Crippen LogP contribution in [0.25, 0.3) is 0 Å². The molecule has 8 heteroatoms. The van der Waals surface area contributed by atoms with E-state index in [1.807, 2.05) is 18.2 Å². The Hall–Kier alpha value is -3.13. The largest absolute Gasteiger partial charge is 0.326 e. The van der Waals surface area contributed by atoms with Gasteiger partial charge in [-0.1, -0.05) is 29.5 Å². The van der Waals surface area contributed by atoms with Crippen LogP contribution in [0.2, 0.25) is 0 Å². The first-order valence-electron chi connectivity index (χ1n) is 8.26. The summed E-state index contributed by atoms with van der Waals surface area (Å²) in [6.07, 6.45) is 0.550. The molecule has 0 saturated heterocycles. The van der Waals surface area contributed by atoms with Crippen molar-refractivity contribution in [2.45, 2.75) is 19.8 Å². The van der Waals surface area contributed by atoms with Gasteiger partial charge in [0.2, 0.25) is 10.9 Å². The van der Waals surface area contributed by atoms with E-state index in [2.05, 4.69) is 20.8 Å². The molecule has 138 valence electrons. The predicted molar refractivity (Wildman–Crippen MR) is 102 cm³/mol.